The summed E-state index contributed by atoms with van der Waals surface area (Å²) in [5.74, 6) is 0. The van der Waals surface area contributed by atoms with Crippen LogP contribution in [0.4, 0.5) is 0 Å². The molecule has 0 saturated carbocycles. The maximum atomic E-state index is 5.75. The van der Waals surface area contributed by atoms with Crippen LogP contribution in [-0.2, 0) is 19.5 Å². The average Bonchev–Trinajstić information content (AvgIpc) is 3.04. The van der Waals surface area contributed by atoms with Crippen LogP contribution >= 0.6 is 0 Å². The minimum absolute atomic E-state index is 0.677. The molecule has 0 unspecified atom stereocenters. The molecule has 2 heterocycles. The highest BCUT2D eigenvalue weighted by atomic mass is 15.3. The molecule has 0 radical (unpaired) electrons. The maximum absolute atomic E-state index is 5.75. The van der Waals surface area contributed by atoms with Crippen LogP contribution in [0.25, 0.3) is 10.9 Å². The van der Waals surface area contributed by atoms with Crippen molar-refractivity contribution in [2.24, 2.45) is 5.73 Å². The highest BCUT2D eigenvalue weighted by Crippen LogP contribution is 2.22. The van der Waals surface area contributed by atoms with E-state index in [1.807, 2.05) is 6.92 Å². The van der Waals surface area contributed by atoms with Crippen LogP contribution < -0.4 is 5.73 Å². The largest absolute Gasteiger partial charge is 0.341 e. The lowest BCUT2D eigenvalue weighted by Gasteiger charge is -2.10. The Kier molecular flexibility index (Phi) is 3.80. The Balaban J connectivity index is 2.04. The summed E-state index contributed by atoms with van der Waals surface area (Å²) in [5.41, 5.74) is 10.7. The second-order valence-electron chi connectivity index (χ2n) is 5.43. The van der Waals surface area contributed by atoms with Gasteiger partial charge in [-0.15, -0.1) is 0 Å². The second kappa shape index (κ2) is 5.74. The molecule has 110 valence electrons. The van der Waals surface area contributed by atoms with E-state index in [9.17, 15) is 0 Å². The van der Waals surface area contributed by atoms with E-state index in [2.05, 4.69) is 57.8 Å². The molecular weight excluding hydrogens is 260 g/mol. The van der Waals surface area contributed by atoms with E-state index >= 15 is 0 Å². The number of hydrogen-bond donors (Lipinski definition) is 1. The first kappa shape index (κ1) is 13.9. The topological polar surface area (TPSA) is 48.8 Å². The minimum atomic E-state index is 0.677. The van der Waals surface area contributed by atoms with E-state index in [1.54, 1.807) is 0 Å². The van der Waals surface area contributed by atoms with Crippen LogP contribution in [0.15, 0.2) is 36.5 Å². The summed E-state index contributed by atoms with van der Waals surface area (Å²) in [6.45, 7) is 6.60. The molecule has 0 spiro atoms. The van der Waals surface area contributed by atoms with Crippen LogP contribution in [0.2, 0.25) is 0 Å². The van der Waals surface area contributed by atoms with Gasteiger partial charge in [0.2, 0.25) is 0 Å². The fourth-order valence-corrected chi connectivity index (χ4v) is 3.00. The summed E-state index contributed by atoms with van der Waals surface area (Å²) in [4.78, 5) is 0. The predicted molar refractivity (Wildman–Crippen MR) is 86.4 cm³/mol. The van der Waals surface area contributed by atoms with E-state index in [1.165, 1.54) is 22.2 Å². The van der Waals surface area contributed by atoms with Crippen molar-refractivity contribution in [3.8, 4) is 0 Å². The number of nitrogens with two attached hydrogens (primary N) is 1. The van der Waals surface area contributed by atoms with Gasteiger partial charge in [0.25, 0.3) is 0 Å². The fraction of sp³-hybridized carbons (Fsp3) is 0.353. The van der Waals surface area contributed by atoms with Gasteiger partial charge >= 0.3 is 0 Å². The van der Waals surface area contributed by atoms with Crippen LogP contribution in [0.5, 0.6) is 0 Å². The van der Waals surface area contributed by atoms with Gasteiger partial charge in [0.15, 0.2) is 0 Å². The number of rotatable bonds is 5. The number of para-hydroxylation sites is 1. The van der Waals surface area contributed by atoms with Crippen LogP contribution in [0.3, 0.4) is 0 Å². The van der Waals surface area contributed by atoms with Crippen LogP contribution in [0.1, 0.15) is 23.9 Å². The van der Waals surface area contributed by atoms with Crippen LogP contribution in [0, 0.1) is 6.92 Å². The number of fused-ring (bicyclic) bond motifs is 1. The summed E-state index contributed by atoms with van der Waals surface area (Å²) in [5, 5.41) is 5.81. The molecule has 0 atom stereocenters. The van der Waals surface area contributed by atoms with E-state index in [0.29, 0.717) is 6.54 Å². The van der Waals surface area contributed by atoms with Gasteiger partial charge < -0.3 is 10.3 Å². The van der Waals surface area contributed by atoms with Crippen molar-refractivity contribution in [1.29, 1.82) is 0 Å². The quantitative estimate of drug-likeness (QED) is 0.782. The molecule has 0 aliphatic heterocycles. The number of benzene rings is 1. The van der Waals surface area contributed by atoms with E-state index in [0.717, 1.165) is 25.2 Å². The first-order valence-electron chi connectivity index (χ1n) is 7.53. The molecule has 2 N–H and O–H groups in total. The van der Waals surface area contributed by atoms with Crippen molar-refractivity contribution in [3.63, 3.8) is 0 Å². The molecule has 0 amide bonds. The van der Waals surface area contributed by atoms with Crippen molar-refractivity contribution in [2.75, 3.05) is 6.54 Å². The SMILES string of the molecule is CCn1nc(C)cc1Cn1ccc2cccc(CCN)c21. The molecular formula is C17H22N4. The summed E-state index contributed by atoms with van der Waals surface area (Å²) in [7, 11) is 0. The van der Waals surface area contributed by atoms with Gasteiger partial charge in [-0.25, -0.2) is 0 Å². The van der Waals surface area contributed by atoms with E-state index in [-0.39, 0.29) is 0 Å². The molecule has 0 aliphatic rings. The average molecular weight is 282 g/mol. The highest BCUT2D eigenvalue weighted by Gasteiger charge is 2.09. The molecule has 4 heteroatoms. The van der Waals surface area contributed by atoms with Gasteiger partial charge in [0, 0.05) is 12.7 Å². The smallest absolute Gasteiger partial charge is 0.0645 e. The Hall–Kier alpha value is -2.07. The first-order valence-corrected chi connectivity index (χ1v) is 7.53. The van der Waals surface area contributed by atoms with Gasteiger partial charge in [-0.1, -0.05) is 18.2 Å². The minimum Gasteiger partial charge on any atom is -0.341 e. The summed E-state index contributed by atoms with van der Waals surface area (Å²) in [6, 6.07) is 10.8. The second-order valence-corrected chi connectivity index (χ2v) is 5.43. The first-order chi connectivity index (χ1) is 10.2. The number of hydrogen-bond acceptors (Lipinski definition) is 2. The van der Waals surface area contributed by atoms with Crippen molar-refractivity contribution < 1.29 is 0 Å². The van der Waals surface area contributed by atoms with E-state index < -0.39 is 0 Å². The van der Waals surface area contributed by atoms with Crippen molar-refractivity contribution in [2.45, 2.75) is 33.4 Å². The molecule has 3 rings (SSSR count). The monoisotopic (exact) mass is 282 g/mol. The van der Waals surface area contributed by atoms with Crippen molar-refractivity contribution in [3.05, 3.63) is 53.5 Å². The molecule has 21 heavy (non-hydrogen) atoms. The Morgan fingerprint density at radius 1 is 1.24 bits per heavy atom. The zero-order valence-electron chi connectivity index (χ0n) is 12.7. The molecule has 0 aliphatic carbocycles. The lowest BCUT2D eigenvalue weighted by molar-refractivity contribution is 0.601. The number of aromatic nitrogens is 3. The lowest BCUT2D eigenvalue weighted by Crippen LogP contribution is -2.09. The Morgan fingerprint density at radius 2 is 2.10 bits per heavy atom. The third kappa shape index (κ3) is 2.59. The standard InChI is InChI=1S/C17H22N4/c1-3-21-16(11-13(2)19-21)12-20-10-8-15-6-4-5-14(7-9-18)17(15)20/h4-6,8,10-11H,3,7,9,12,18H2,1-2H3. The van der Waals surface area contributed by atoms with Gasteiger partial charge in [-0.2, -0.15) is 5.10 Å². The zero-order chi connectivity index (χ0) is 14.8. The summed E-state index contributed by atoms with van der Waals surface area (Å²) >= 11 is 0. The summed E-state index contributed by atoms with van der Waals surface area (Å²) in [6.07, 6.45) is 3.07. The normalized spacial score (nSPS) is 11.4. The molecule has 3 aromatic rings. The number of nitrogens with zero attached hydrogens (tertiary/aromatic N) is 3. The van der Waals surface area contributed by atoms with Gasteiger partial charge in [0.05, 0.1) is 23.4 Å². The van der Waals surface area contributed by atoms with Gasteiger partial charge in [-0.05, 0) is 49.9 Å². The molecule has 0 bridgehead atoms. The zero-order valence-corrected chi connectivity index (χ0v) is 12.7. The molecule has 1 aromatic carbocycles. The van der Waals surface area contributed by atoms with Crippen molar-refractivity contribution >= 4 is 10.9 Å². The van der Waals surface area contributed by atoms with Crippen molar-refractivity contribution in [1.82, 2.24) is 14.3 Å². The molecule has 2 aromatic heterocycles. The Bertz CT molecular complexity index is 751. The van der Waals surface area contributed by atoms with E-state index in [4.69, 9.17) is 5.73 Å². The van der Waals surface area contributed by atoms with Crippen LogP contribution in [-0.4, -0.2) is 20.9 Å². The number of aryl methyl sites for hydroxylation is 2. The Labute approximate surface area is 125 Å². The third-order valence-corrected chi connectivity index (χ3v) is 3.90. The van der Waals surface area contributed by atoms with Gasteiger partial charge in [-0.3, -0.25) is 4.68 Å². The summed E-state index contributed by atoms with van der Waals surface area (Å²) < 4.78 is 4.38. The third-order valence-electron chi connectivity index (χ3n) is 3.90. The predicted octanol–water partition coefficient (Wildman–Crippen LogP) is 2.72. The fourth-order valence-electron chi connectivity index (χ4n) is 3.00. The Morgan fingerprint density at radius 3 is 2.86 bits per heavy atom. The van der Waals surface area contributed by atoms with Gasteiger partial charge in [0.1, 0.15) is 0 Å². The highest BCUT2D eigenvalue weighted by molar-refractivity contribution is 5.83. The maximum Gasteiger partial charge on any atom is 0.0645 e. The molecule has 0 saturated heterocycles. The molecule has 0 fully saturated rings. The molecule has 4 nitrogen and oxygen atoms in total. The lowest BCUT2D eigenvalue weighted by atomic mass is 10.1.